The van der Waals surface area contributed by atoms with E-state index in [1.54, 1.807) is 0 Å². The summed E-state index contributed by atoms with van der Waals surface area (Å²) in [5, 5.41) is 12.9. The van der Waals surface area contributed by atoms with Crippen LogP contribution in [0.5, 0.6) is 0 Å². The van der Waals surface area contributed by atoms with Crippen LogP contribution in [-0.2, 0) is 0 Å². The van der Waals surface area contributed by atoms with Crippen LogP contribution in [0.4, 0.5) is 6.01 Å². The zero-order chi connectivity index (χ0) is 12.0. The predicted molar refractivity (Wildman–Crippen MR) is 65.8 cm³/mol. The lowest BCUT2D eigenvalue weighted by molar-refractivity contribution is -0.0516. The van der Waals surface area contributed by atoms with E-state index in [2.05, 4.69) is 10.3 Å². The van der Waals surface area contributed by atoms with Crippen molar-refractivity contribution >= 4 is 17.1 Å². The van der Waals surface area contributed by atoms with E-state index in [0.717, 1.165) is 17.5 Å². The van der Waals surface area contributed by atoms with Crippen LogP contribution in [0.3, 0.4) is 0 Å². The number of aliphatic hydroxyl groups is 1. The van der Waals surface area contributed by atoms with Crippen LogP contribution in [0.2, 0.25) is 0 Å². The summed E-state index contributed by atoms with van der Waals surface area (Å²) in [5.74, 6) is 0. The lowest BCUT2D eigenvalue weighted by Gasteiger charge is -2.49. The van der Waals surface area contributed by atoms with E-state index in [9.17, 15) is 5.11 Å². The summed E-state index contributed by atoms with van der Waals surface area (Å²) in [6, 6.07) is 8.43. The number of para-hydroxylation sites is 2. The average molecular weight is 232 g/mol. The molecule has 1 saturated carbocycles. The number of nitrogens with one attached hydrogen (secondary N) is 1. The van der Waals surface area contributed by atoms with Crippen molar-refractivity contribution in [1.29, 1.82) is 0 Å². The summed E-state index contributed by atoms with van der Waals surface area (Å²) in [5.41, 5.74) is 1.51. The van der Waals surface area contributed by atoms with Gasteiger partial charge in [-0.05, 0) is 18.6 Å². The normalized spacial score (nSPS) is 26.8. The maximum Gasteiger partial charge on any atom is 0.295 e. The van der Waals surface area contributed by atoms with Gasteiger partial charge in [-0.2, -0.15) is 4.98 Å². The molecule has 2 unspecified atom stereocenters. The maximum absolute atomic E-state index is 9.67. The molecule has 1 aromatic carbocycles. The monoisotopic (exact) mass is 232 g/mol. The number of aliphatic hydroxyl groups excluding tert-OH is 1. The van der Waals surface area contributed by atoms with Gasteiger partial charge < -0.3 is 14.8 Å². The van der Waals surface area contributed by atoms with Gasteiger partial charge in [0.15, 0.2) is 5.58 Å². The van der Waals surface area contributed by atoms with E-state index >= 15 is 0 Å². The van der Waals surface area contributed by atoms with Crippen molar-refractivity contribution in [3.05, 3.63) is 24.3 Å². The number of rotatable bonds is 2. The van der Waals surface area contributed by atoms with Gasteiger partial charge in [0.25, 0.3) is 6.01 Å². The van der Waals surface area contributed by atoms with Crippen LogP contribution in [0.15, 0.2) is 28.7 Å². The molecule has 1 aliphatic rings. The molecule has 1 heterocycles. The molecule has 3 rings (SSSR count). The lowest BCUT2D eigenvalue weighted by atomic mass is 9.65. The van der Waals surface area contributed by atoms with Gasteiger partial charge in [0, 0.05) is 11.5 Å². The molecule has 0 amide bonds. The number of nitrogens with zero attached hydrogens (tertiary/aromatic N) is 1. The Morgan fingerprint density at radius 2 is 2.18 bits per heavy atom. The van der Waals surface area contributed by atoms with E-state index < -0.39 is 0 Å². The zero-order valence-corrected chi connectivity index (χ0v) is 9.97. The van der Waals surface area contributed by atoms with Gasteiger partial charge in [0.05, 0.1) is 6.10 Å². The largest absolute Gasteiger partial charge is 0.424 e. The highest BCUT2D eigenvalue weighted by atomic mass is 16.4. The minimum absolute atomic E-state index is 0.124. The van der Waals surface area contributed by atoms with Crippen molar-refractivity contribution in [3.63, 3.8) is 0 Å². The first-order valence-electron chi connectivity index (χ1n) is 5.87. The average Bonchev–Trinajstić information content (AvgIpc) is 2.71. The number of oxazole rings is 1. The smallest absolute Gasteiger partial charge is 0.295 e. The van der Waals surface area contributed by atoms with E-state index in [0.29, 0.717) is 6.01 Å². The van der Waals surface area contributed by atoms with Gasteiger partial charge in [0.1, 0.15) is 5.52 Å². The second kappa shape index (κ2) is 3.47. The molecule has 0 saturated heterocycles. The van der Waals surface area contributed by atoms with Gasteiger partial charge in [-0.25, -0.2) is 0 Å². The molecule has 1 aromatic heterocycles. The Hall–Kier alpha value is -1.55. The Bertz CT molecular complexity index is 514. The van der Waals surface area contributed by atoms with Gasteiger partial charge >= 0.3 is 0 Å². The van der Waals surface area contributed by atoms with Crippen molar-refractivity contribution in [2.45, 2.75) is 32.4 Å². The quantitative estimate of drug-likeness (QED) is 0.834. The van der Waals surface area contributed by atoms with Crippen molar-refractivity contribution in [1.82, 2.24) is 4.98 Å². The molecule has 2 atom stereocenters. The molecule has 4 nitrogen and oxygen atoms in total. The fourth-order valence-electron chi connectivity index (χ4n) is 2.23. The highest BCUT2D eigenvalue weighted by Crippen LogP contribution is 2.42. The molecule has 2 N–H and O–H groups in total. The third-order valence-electron chi connectivity index (χ3n) is 3.81. The topological polar surface area (TPSA) is 58.3 Å². The molecule has 1 aliphatic carbocycles. The molecule has 0 spiro atoms. The number of aromatic nitrogens is 1. The van der Waals surface area contributed by atoms with Crippen molar-refractivity contribution in [2.24, 2.45) is 5.41 Å². The molecule has 0 radical (unpaired) electrons. The fraction of sp³-hybridized carbons (Fsp3) is 0.462. The summed E-state index contributed by atoms with van der Waals surface area (Å²) in [7, 11) is 0. The lowest BCUT2D eigenvalue weighted by Crippen LogP contribution is -2.56. The van der Waals surface area contributed by atoms with E-state index in [1.165, 1.54) is 0 Å². The first kappa shape index (κ1) is 10.6. The minimum Gasteiger partial charge on any atom is -0.424 e. The molecule has 4 heteroatoms. The molecule has 1 fully saturated rings. The second-order valence-corrected chi connectivity index (χ2v) is 5.26. The minimum atomic E-state index is -0.246. The Balaban J connectivity index is 1.82. The standard InChI is InChI=1S/C13H16N2O2/c1-13(2)10(7-11(13)16)15-12-14-8-5-3-4-6-9(8)17-12/h3-6,10-11,16H,7H2,1-2H3,(H,14,15). The van der Waals surface area contributed by atoms with Crippen LogP contribution in [0, 0.1) is 5.41 Å². The fourth-order valence-corrected chi connectivity index (χ4v) is 2.23. The molecule has 0 aliphatic heterocycles. The van der Waals surface area contributed by atoms with Gasteiger partial charge in [-0.1, -0.05) is 26.0 Å². The molecule has 17 heavy (non-hydrogen) atoms. The third-order valence-corrected chi connectivity index (χ3v) is 3.81. The predicted octanol–water partition coefficient (Wildman–Crippen LogP) is 2.40. The summed E-state index contributed by atoms with van der Waals surface area (Å²) >= 11 is 0. The van der Waals surface area contributed by atoms with Crippen LogP contribution in [0.25, 0.3) is 11.1 Å². The summed E-state index contributed by atoms with van der Waals surface area (Å²) < 4.78 is 5.60. The van der Waals surface area contributed by atoms with Crippen LogP contribution >= 0.6 is 0 Å². The molecule has 2 aromatic rings. The first-order valence-corrected chi connectivity index (χ1v) is 5.87. The van der Waals surface area contributed by atoms with E-state index in [1.807, 2.05) is 38.1 Å². The summed E-state index contributed by atoms with van der Waals surface area (Å²) in [6.07, 6.45) is 0.496. The van der Waals surface area contributed by atoms with Crippen molar-refractivity contribution in [3.8, 4) is 0 Å². The zero-order valence-electron chi connectivity index (χ0n) is 9.97. The Morgan fingerprint density at radius 3 is 2.82 bits per heavy atom. The Morgan fingerprint density at radius 1 is 1.41 bits per heavy atom. The first-order chi connectivity index (χ1) is 8.07. The van der Waals surface area contributed by atoms with Gasteiger partial charge in [-0.15, -0.1) is 0 Å². The van der Waals surface area contributed by atoms with Crippen molar-refractivity contribution < 1.29 is 9.52 Å². The highest BCUT2D eigenvalue weighted by molar-refractivity contribution is 5.74. The highest BCUT2D eigenvalue weighted by Gasteiger charge is 2.47. The number of hydrogen-bond donors (Lipinski definition) is 2. The molecule has 0 bridgehead atoms. The molecule has 90 valence electrons. The van der Waals surface area contributed by atoms with Crippen molar-refractivity contribution in [2.75, 3.05) is 5.32 Å². The van der Waals surface area contributed by atoms with Crippen LogP contribution < -0.4 is 5.32 Å². The summed E-state index contributed by atoms with van der Waals surface area (Å²) in [6.45, 7) is 4.09. The number of benzene rings is 1. The van der Waals surface area contributed by atoms with E-state index in [4.69, 9.17) is 4.42 Å². The summed E-state index contributed by atoms with van der Waals surface area (Å²) in [4.78, 5) is 4.37. The molecular formula is C13H16N2O2. The van der Waals surface area contributed by atoms with Crippen LogP contribution in [0.1, 0.15) is 20.3 Å². The number of hydrogen-bond acceptors (Lipinski definition) is 4. The van der Waals surface area contributed by atoms with Gasteiger partial charge in [0.2, 0.25) is 0 Å². The van der Waals surface area contributed by atoms with E-state index in [-0.39, 0.29) is 17.6 Å². The second-order valence-electron chi connectivity index (χ2n) is 5.26. The Labute approximate surface area is 99.7 Å². The number of anilines is 1. The number of fused-ring (bicyclic) bond motifs is 1. The van der Waals surface area contributed by atoms with Gasteiger partial charge in [-0.3, -0.25) is 0 Å². The third kappa shape index (κ3) is 1.60. The maximum atomic E-state index is 9.67. The SMILES string of the molecule is CC1(C)C(O)CC1Nc1nc2ccccc2o1. The van der Waals surface area contributed by atoms with Crippen LogP contribution in [-0.4, -0.2) is 22.2 Å². The Kier molecular flexibility index (Phi) is 2.16. The molecular weight excluding hydrogens is 216 g/mol.